The highest BCUT2D eigenvalue weighted by molar-refractivity contribution is 5.66. The minimum Gasteiger partial charge on any atom is -0.494 e. The van der Waals surface area contributed by atoms with Crippen LogP contribution < -0.4 is 9.47 Å². The van der Waals surface area contributed by atoms with Crippen LogP contribution in [0.15, 0.2) is 97.1 Å². The van der Waals surface area contributed by atoms with Crippen LogP contribution in [0.4, 0.5) is 9.59 Å². The molecule has 0 unspecified atom stereocenters. The third kappa shape index (κ3) is 20.1. The lowest BCUT2D eigenvalue weighted by atomic mass is 9.78. The average Bonchev–Trinajstić information content (AvgIpc) is 3.41. The Bertz CT molecular complexity index is 2070. The molecule has 0 bridgehead atoms. The maximum atomic E-state index is 12.1. The van der Waals surface area contributed by atoms with E-state index in [9.17, 15) is 19.8 Å². The number of hydrogen-bond acceptors (Lipinski definition) is 10. The lowest BCUT2D eigenvalue weighted by molar-refractivity contribution is -0.0538. The zero-order chi connectivity index (χ0) is 51.3. The maximum absolute atomic E-state index is 12.1. The summed E-state index contributed by atoms with van der Waals surface area (Å²) >= 11 is 0. The van der Waals surface area contributed by atoms with E-state index in [1.54, 1.807) is 0 Å². The van der Waals surface area contributed by atoms with Gasteiger partial charge < -0.3 is 38.6 Å². The van der Waals surface area contributed by atoms with Crippen LogP contribution in [-0.4, -0.2) is 61.7 Å². The summed E-state index contributed by atoms with van der Waals surface area (Å²) in [6, 6.07) is 32.7. The van der Waals surface area contributed by atoms with Gasteiger partial charge in [-0.1, -0.05) is 183 Å². The number of carbonyl (C=O) groups excluding carboxylic acids is 2. The third-order valence-corrected chi connectivity index (χ3v) is 14.4. The van der Waals surface area contributed by atoms with Crippen LogP contribution in [0.1, 0.15) is 192 Å². The molecule has 2 aliphatic rings. The van der Waals surface area contributed by atoms with Gasteiger partial charge in [0.2, 0.25) is 0 Å². The molecule has 2 N–H and O–H groups in total. The number of benzene rings is 4. The summed E-state index contributed by atoms with van der Waals surface area (Å²) in [6.07, 6.45) is 23.7. The first-order valence-electron chi connectivity index (χ1n) is 27.8. The molecular formula is C62H88O10. The van der Waals surface area contributed by atoms with Crippen LogP contribution in [0.3, 0.4) is 0 Å². The Morgan fingerprint density at radius 2 is 0.736 bits per heavy atom. The molecule has 0 spiro atoms. The van der Waals surface area contributed by atoms with Gasteiger partial charge in [0.15, 0.2) is 0 Å². The normalized spacial score (nSPS) is 19.6. The summed E-state index contributed by atoms with van der Waals surface area (Å²) in [4.78, 5) is 23.4. The number of methoxy groups -OCH3 is 1. The summed E-state index contributed by atoms with van der Waals surface area (Å²) < 4.78 is 32.3. The van der Waals surface area contributed by atoms with Crippen LogP contribution in [-0.2, 0) is 30.1 Å². The Kier molecular flexibility index (Phi) is 25.9. The van der Waals surface area contributed by atoms with Crippen molar-refractivity contribution in [3.8, 4) is 33.8 Å². The summed E-state index contributed by atoms with van der Waals surface area (Å²) in [7, 11) is 1.30. The summed E-state index contributed by atoms with van der Waals surface area (Å²) in [5.74, 6) is 1.81. The number of unbranched alkanes of at least 4 members (excludes halogenated alkanes) is 14. The lowest BCUT2D eigenvalue weighted by Gasteiger charge is -2.36. The fourth-order valence-corrected chi connectivity index (χ4v) is 9.74. The van der Waals surface area contributed by atoms with Crippen molar-refractivity contribution in [2.45, 2.75) is 205 Å². The molecule has 0 aromatic heterocycles. The van der Waals surface area contributed by atoms with Gasteiger partial charge in [0.1, 0.15) is 23.7 Å². The topological polar surface area (TPSA) is 130 Å². The number of carbonyl (C=O) groups is 2. The van der Waals surface area contributed by atoms with Gasteiger partial charge in [-0.05, 0) is 128 Å². The standard InChI is InChI=1S/C35H52O5.C27H36O5/c1-3-5-7-9-11-13-27-38-32-21-17-30(18-22-32)29-15-19-31(20-16-29)35(37)25-23-33(24-26-35)40-34(36)39-28-14-12-10-8-6-4-2;1-3-4-5-6-7-20-31-24-14-10-22(11-15-24)21-8-12-23(13-9-21)27(29)18-16-25(17-19-27)32-26(28)30-2/h15-22,33,37H,3-14,23-28H2,1-2H3;8-15,25,29H,3-7,16-20H2,1-2H3. The highest BCUT2D eigenvalue weighted by Crippen LogP contribution is 2.40. The number of rotatable bonds is 28. The molecule has 6 rings (SSSR count). The highest BCUT2D eigenvalue weighted by atomic mass is 16.7. The molecule has 0 aliphatic heterocycles. The van der Waals surface area contributed by atoms with Crippen molar-refractivity contribution in [2.75, 3.05) is 26.9 Å². The van der Waals surface area contributed by atoms with Crippen molar-refractivity contribution in [1.82, 2.24) is 0 Å². The Morgan fingerprint density at radius 3 is 1.08 bits per heavy atom. The quantitative estimate of drug-likeness (QED) is 0.0419. The van der Waals surface area contributed by atoms with E-state index >= 15 is 0 Å². The van der Waals surface area contributed by atoms with Crippen molar-refractivity contribution in [2.24, 2.45) is 0 Å². The molecule has 10 nitrogen and oxygen atoms in total. The van der Waals surface area contributed by atoms with Gasteiger partial charge in [0.05, 0.1) is 38.1 Å². The van der Waals surface area contributed by atoms with E-state index < -0.39 is 23.5 Å². The molecule has 2 aliphatic carbocycles. The maximum Gasteiger partial charge on any atom is 0.508 e. The minimum absolute atomic E-state index is 0.195. The molecule has 2 saturated carbocycles. The largest absolute Gasteiger partial charge is 0.508 e. The van der Waals surface area contributed by atoms with Crippen molar-refractivity contribution < 1.29 is 48.2 Å². The van der Waals surface area contributed by atoms with E-state index in [0.29, 0.717) is 58.0 Å². The Labute approximate surface area is 432 Å². The van der Waals surface area contributed by atoms with Gasteiger partial charge in [0, 0.05) is 0 Å². The second-order valence-electron chi connectivity index (χ2n) is 20.1. The first kappa shape index (κ1) is 57.8. The fourth-order valence-electron chi connectivity index (χ4n) is 9.74. The van der Waals surface area contributed by atoms with E-state index in [4.69, 9.17) is 23.7 Å². The molecule has 0 radical (unpaired) electrons. The van der Waals surface area contributed by atoms with Crippen molar-refractivity contribution >= 4 is 12.3 Å². The third-order valence-electron chi connectivity index (χ3n) is 14.4. The van der Waals surface area contributed by atoms with Crippen LogP contribution in [0.2, 0.25) is 0 Å². The van der Waals surface area contributed by atoms with Crippen LogP contribution in [0.25, 0.3) is 22.3 Å². The van der Waals surface area contributed by atoms with Crippen molar-refractivity contribution in [3.05, 3.63) is 108 Å². The fraction of sp³-hybridized carbons (Fsp3) is 0.581. The molecule has 72 heavy (non-hydrogen) atoms. The molecule has 0 saturated heterocycles. The summed E-state index contributed by atoms with van der Waals surface area (Å²) in [5.41, 5.74) is 4.50. The van der Waals surface area contributed by atoms with Gasteiger partial charge >= 0.3 is 12.3 Å². The second-order valence-corrected chi connectivity index (χ2v) is 20.1. The Morgan fingerprint density at radius 1 is 0.431 bits per heavy atom. The molecule has 2 fully saturated rings. The number of ether oxygens (including phenoxy) is 6. The molecule has 10 heteroatoms. The van der Waals surface area contributed by atoms with Gasteiger partial charge in [-0.25, -0.2) is 9.59 Å². The molecule has 4 aromatic carbocycles. The first-order chi connectivity index (χ1) is 35.1. The van der Waals surface area contributed by atoms with Crippen LogP contribution in [0.5, 0.6) is 11.5 Å². The van der Waals surface area contributed by atoms with E-state index in [2.05, 4.69) is 61.9 Å². The van der Waals surface area contributed by atoms with Crippen LogP contribution >= 0.6 is 0 Å². The Balaban J connectivity index is 0.000000274. The van der Waals surface area contributed by atoms with Gasteiger partial charge in [0.25, 0.3) is 0 Å². The van der Waals surface area contributed by atoms with Gasteiger partial charge in [-0.2, -0.15) is 0 Å². The zero-order valence-electron chi connectivity index (χ0n) is 44.4. The van der Waals surface area contributed by atoms with Gasteiger partial charge in [-0.15, -0.1) is 0 Å². The predicted molar refractivity (Wildman–Crippen MR) is 288 cm³/mol. The summed E-state index contributed by atoms with van der Waals surface area (Å²) in [5, 5.41) is 22.4. The van der Waals surface area contributed by atoms with Crippen molar-refractivity contribution in [1.29, 1.82) is 0 Å². The van der Waals surface area contributed by atoms with Gasteiger partial charge in [-0.3, -0.25) is 0 Å². The van der Waals surface area contributed by atoms with E-state index in [-0.39, 0.29) is 12.2 Å². The van der Waals surface area contributed by atoms with Crippen LogP contribution in [0, 0.1) is 0 Å². The molecular weight excluding hydrogens is 905 g/mol. The first-order valence-corrected chi connectivity index (χ1v) is 27.8. The summed E-state index contributed by atoms with van der Waals surface area (Å²) in [6.45, 7) is 8.63. The van der Waals surface area contributed by atoms with E-state index in [1.807, 2.05) is 60.7 Å². The molecule has 0 heterocycles. The molecule has 0 amide bonds. The van der Waals surface area contributed by atoms with E-state index in [0.717, 1.165) is 83.8 Å². The minimum atomic E-state index is -0.894. The molecule has 4 aromatic rings. The average molecular weight is 993 g/mol. The number of hydrogen-bond donors (Lipinski definition) is 2. The highest BCUT2D eigenvalue weighted by Gasteiger charge is 2.37. The molecule has 0 atom stereocenters. The lowest BCUT2D eigenvalue weighted by Crippen LogP contribution is -2.35. The zero-order valence-corrected chi connectivity index (χ0v) is 44.4. The predicted octanol–water partition coefficient (Wildman–Crippen LogP) is 16.4. The molecule has 396 valence electrons. The second kappa shape index (κ2) is 32.2. The monoisotopic (exact) mass is 993 g/mol. The van der Waals surface area contributed by atoms with E-state index in [1.165, 1.54) is 90.6 Å². The SMILES string of the molecule is CCCCCCCCOC(=O)OC1CCC(O)(c2ccc(-c3ccc(OCCCCCCCC)cc3)cc2)CC1.CCCCCCCOc1ccc(-c2ccc(C3(O)CCC(OC(=O)OC)CC3)cc2)cc1. The smallest absolute Gasteiger partial charge is 0.494 e. The Hall–Kier alpha value is -5.06. The van der Waals surface area contributed by atoms with Crippen molar-refractivity contribution in [3.63, 3.8) is 0 Å². The number of aliphatic hydroxyl groups is 2.